The van der Waals surface area contributed by atoms with E-state index in [4.69, 9.17) is 10.5 Å². The predicted octanol–water partition coefficient (Wildman–Crippen LogP) is 4.21. The molecule has 11 nitrogen and oxygen atoms in total. The molecule has 0 spiro atoms. The molecule has 0 saturated carbocycles. The molecule has 34 heavy (non-hydrogen) atoms. The number of carbonyl (C=O) groups is 2. The second kappa shape index (κ2) is 12.3. The molecule has 0 radical (unpaired) electrons. The minimum atomic E-state index is -0.496. The van der Waals surface area contributed by atoms with E-state index in [1.165, 1.54) is 13.2 Å². The third-order valence-electron chi connectivity index (χ3n) is 5.15. The van der Waals surface area contributed by atoms with E-state index in [0.717, 1.165) is 11.1 Å². The second-order valence-corrected chi connectivity index (χ2v) is 7.82. The molecule has 2 rings (SSSR count). The quantitative estimate of drug-likeness (QED) is 0.239. The number of nitrogens with two attached hydrogens (primary N) is 1. The minimum Gasteiger partial charge on any atom is -0.495 e. The smallest absolute Gasteiger partial charge is 0.296 e. The number of nitro groups is 1. The van der Waals surface area contributed by atoms with Gasteiger partial charge in [0.1, 0.15) is 5.75 Å². The van der Waals surface area contributed by atoms with Crippen molar-refractivity contribution in [1.29, 1.82) is 0 Å². The van der Waals surface area contributed by atoms with Crippen molar-refractivity contribution in [3.8, 4) is 5.75 Å². The van der Waals surface area contributed by atoms with Crippen LogP contribution >= 0.6 is 0 Å². The van der Waals surface area contributed by atoms with Crippen LogP contribution in [-0.2, 0) is 9.59 Å². The summed E-state index contributed by atoms with van der Waals surface area (Å²) < 4.78 is 5.41. The lowest BCUT2D eigenvalue weighted by Gasteiger charge is -2.17. The molecule has 2 amide bonds. The molecule has 4 N–H and O–H groups in total. The molecule has 0 heterocycles. The molecule has 1 atom stereocenters. The molecule has 0 bridgehead atoms. The van der Waals surface area contributed by atoms with Gasteiger partial charge in [0, 0.05) is 24.6 Å². The van der Waals surface area contributed by atoms with Crippen molar-refractivity contribution in [1.82, 2.24) is 5.32 Å². The highest BCUT2D eigenvalue weighted by Crippen LogP contribution is 2.35. The number of ether oxygens (including phenoxy) is 1. The average molecular weight is 471 g/mol. The summed E-state index contributed by atoms with van der Waals surface area (Å²) in [7, 11) is 1.48. The van der Waals surface area contributed by atoms with Gasteiger partial charge in [0.25, 0.3) is 5.69 Å². The third kappa shape index (κ3) is 7.54. The van der Waals surface area contributed by atoms with Crippen LogP contribution < -0.4 is 21.1 Å². The molecule has 0 aliphatic carbocycles. The molecule has 0 fully saturated rings. The van der Waals surface area contributed by atoms with E-state index in [0.29, 0.717) is 30.0 Å². The average Bonchev–Trinajstić information content (AvgIpc) is 2.79. The number of rotatable bonds is 12. The van der Waals surface area contributed by atoms with Crippen LogP contribution in [0.4, 0.5) is 22.7 Å². The van der Waals surface area contributed by atoms with Gasteiger partial charge in [-0.25, -0.2) is 0 Å². The molecular weight excluding hydrogens is 440 g/mol. The van der Waals surface area contributed by atoms with E-state index in [2.05, 4.69) is 20.9 Å². The van der Waals surface area contributed by atoms with Crippen LogP contribution in [0.3, 0.4) is 0 Å². The van der Waals surface area contributed by atoms with E-state index in [-0.39, 0.29) is 36.3 Å². The van der Waals surface area contributed by atoms with Crippen LogP contribution in [0.2, 0.25) is 0 Å². The maximum absolute atomic E-state index is 12.3. The SMILES string of the molecule is CCC(CCC(N)=O)NC(=O)CNc1cc(C)c(/N=N/c2ccc(C)cc2[N+](=O)[O-])cc1OC. The molecule has 1 unspecified atom stereocenters. The molecule has 0 saturated heterocycles. The zero-order valence-corrected chi connectivity index (χ0v) is 19.8. The third-order valence-corrected chi connectivity index (χ3v) is 5.15. The van der Waals surface area contributed by atoms with Crippen molar-refractivity contribution in [3.05, 3.63) is 51.6 Å². The zero-order valence-electron chi connectivity index (χ0n) is 19.8. The summed E-state index contributed by atoms with van der Waals surface area (Å²) in [4.78, 5) is 34.1. The number of carbonyl (C=O) groups excluding carboxylic acids is 2. The van der Waals surface area contributed by atoms with E-state index >= 15 is 0 Å². The Bertz CT molecular complexity index is 1090. The Labute approximate surface area is 197 Å². The summed E-state index contributed by atoms with van der Waals surface area (Å²) in [5.41, 5.74) is 7.74. The number of primary amides is 1. The highest BCUT2D eigenvalue weighted by atomic mass is 16.6. The maximum atomic E-state index is 12.3. The lowest BCUT2D eigenvalue weighted by molar-refractivity contribution is -0.384. The van der Waals surface area contributed by atoms with Gasteiger partial charge in [-0.3, -0.25) is 19.7 Å². The summed E-state index contributed by atoms with van der Waals surface area (Å²) in [6, 6.07) is 7.97. The van der Waals surface area contributed by atoms with Gasteiger partial charge in [-0.1, -0.05) is 13.0 Å². The highest BCUT2D eigenvalue weighted by molar-refractivity contribution is 5.82. The van der Waals surface area contributed by atoms with E-state index in [1.54, 1.807) is 38.1 Å². The van der Waals surface area contributed by atoms with Crippen LogP contribution in [0.5, 0.6) is 5.75 Å². The summed E-state index contributed by atoms with van der Waals surface area (Å²) in [5.74, 6) is -0.196. The molecule has 0 aliphatic rings. The summed E-state index contributed by atoms with van der Waals surface area (Å²) >= 11 is 0. The Kier molecular flexibility index (Phi) is 9.48. The number of aryl methyl sites for hydroxylation is 2. The summed E-state index contributed by atoms with van der Waals surface area (Å²) in [5, 5.41) is 25.4. The number of anilines is 1. The molecule has 0 aliphatic heterocycles. The maximum Gasteiger partial charge on any atom is 0.296 e. The molecule has 2 aromatic carbocycles. The van der Waals surface area contributed by atoms with E-state index < -0.39 is 10.8 Å². The fourth-order valence-electron chi connectivity index (χ4n) is 3.21. The topological polar surface area (TPSA) is 161 Å². The number of methoxy groups -OCH3 is 1. The van der Waals surface area contributed by atoms with Crippen LogP contribution in [0.1, 0.15) is 37.3 Å². The van der Waals surface area contributed by atoms with Gasteiger partial charge in [-0.15, -0.1) is 10.2 Å². The first kappa shape index (κ1) is 26.2. The van der Waals surface area contributed by atoms with E-state index in [9.17, 15) is 19.7 Å². The lowest BCUT2D eigenvalue weighted by atomic mass is 10.1. The van der Waals surface area contributed by atoms with Gasteiger partial charge in [0.2, 0.25) is 11.8 Å². The Hall–Kier alpha value is -4.02. The number of hydrogen-bond donors (Lipinski definition) is 3. The Morgan fingerprint density at radius 1 is 1.18 bits per heavy atom. The number of nitro benzene ring substituents is 1. The number of azo groups is 1. The number of amides is 2. The van der Waals surface area contributed by atoms with Crippen LogP contribution in [0.15, 0.2) is 40.6 Å². The van der Waals surface area contributed by atoms with Gasteiger partial charge < -0.3 is 21.1 Å². The van der Waals surface area contributed by atoms with Crippen molar-refractivity contribution in [3.63, 3.8) is 0 Å². The molecular formula is C23H30N6O5. The van der Waals surface area contributed by atoms with Crippen LogP contribution in [-0.4, -0.2) is 36.4 Å². The van der Waals surface area contributed by atoms with Crippen molar-refractivity contribution in [2.45, 2.75) is 46.1 Å². The fraction of sp³-hybridized carbons (Fsp3) is 0.391. The van der Waals surface area contributed by atoms with Crippen molar-refractivity contribution >= 4 is 34.6 Å². The molecule has 0 aromatic heterocycles. The molecule has 11 heteroatoms. The van der Waals surface area contributed by atoms with Gasteiger partial charge in [-0.2, -0.15) is 0 Å². The number of hydrogen-bond acceptors (Lipinski definition) is 8. The lowest BCUT2D eigenvalue weighted by Crippen LogP contribution is -2.38. The Balaban J connectivity index is 2.13. The normalized spacial score (nSPS) is 11.8. The first-order valence-corrected chi connectivity index (χ1v) is 10.8. The fourth-order valence-corrected chi connectivity index (χ4v) is 3.21. The van der Waals surface area contributed by atoms with Crippen molar-refractivity contribution in [2.24, 2.45) is 16.0 Å². The first-order chi connectivity index (χ1) is 16.1. The van der Waals surface area contributed by atoms with Gasteiger partial charge >= 0.3 is 0 Å². The van der Waals surface area contributed by atoms with Crippen LogP contribution in [0.25, 0.3) is 0 Å². The number of nitrogens with one attached hydrogen (secondary N) is 2. The van der Waals surface area contributed by atoms with Crippen molar-refractivity contribution < 1.29 is 19.2 Å². The van der Waals surface area contributed by atoms with Gasteiger partial charge in [-0.05, 0) is 49.9 Å². The number of benzene rings is 2. The molecule has 182 valence electrons. The first-order valence-electron chi connectivity index (χ1n) is 10.8. The van der Waals surface area contributed by atoms with Gasteiger partial charge in [0.15, 0.2) is 5.69 Å². The monoisotopic (exact) mass is 470 g/mol. The zero-order chi connectivity index (χ0) is 25.3. The summed E-state index contributed by atoms with van der Waals surface area (Å²) in [6.45, 7) is 5.49. The summed E-state index contributed by atoms with van der Waals surface area (Å²) in [6.07, 6.45) is 1.38. The predicted molar refractivity (Wildman–Crippen MR) is 129 cm³/mol. The number of nitrogens with zero attached hydrogens (tertiary/aromatic N) is 3. The van der Waals surface area contributed by atoms with E-state index in [1.807, 2.05) is 6.92 Å². The molecule has 2 aromatic rings. The Morgan fingerprint density at radius 2 is 1.88 bits per heavy atom. The standard InChI is InChI=1S/C23H30N6O5/c1-5-16(7-9-22(24)30)26-23(31)13-25-19-11-15(3)18(12-21(19)34-4)28-27-17-8-6-14(2)10-20(17)29(32)33/h6,8,10-12,16,25H,5,7,9,13H2,1-4H3,(H2,24,30)(H,26,31)/b28-27+. The largest absolute Gasteiger partial charge is 0.495 e. The Morgan fingerprint density at radius 3 is 2.50 bits per heavy atom. The van der Waals surface area contributed by atoms with Crippen molar-refractivity contribution in [2.75, 3.05) is 19.0 Å². The minimum absolute atomic E-state index is 0.000697. The highest BCUT2D eigenvalue weighted by Gasteiger charge is 2.15. The van der Waals surface area contributed by atoms with Crippen LogP contribution in [0, 0.1) is 24.0 Å². The second-order valence-electron chi connectivity index (χ2n) is 7.82. The van der Waals surface area contributed by atoms with Gasteiger partial charge in [0.05, 0.1) is 30.0 Å².